The third-order valence-corrected chi connectivity index (χ3v) is 5.58. The molecule has 0 spiro atoms. The number of hydrogen-bond acceptors (Lipinski definition) is 4. The Morgan fingerprint density at radius 1 is 1.16 bits per heavy atom. The van der Waals surface area contributed by atoms with Crippen LogP contribution in [0.2, 0.25) is 0 Å². The lowest BCUT2D eigenvalue weighted by molar-refractivity contribution is -0.121. The molecule has 0 aromatic carbocycles. The zero-order valence-electron chi connectivity index (χ0n) is 15.3. The van der Waals surface area contributed by atoms with Crippen LogP contribution in [-0.4, -0.2) is 49.4 Å². The molecule has 5 nitrogen and oxygen atoms in total. The van der Waals surface area contributed by atoms with Gasteiger partial charge >= 0.3 is 0 Å². The lowest BCUT2D eigenvalue weighted by Gasteiger charge is -2.30. The molecule has 0 unspecified atom stereocenters. The highest BCUT2D eigenvalue weighted by atomic mass is 32.1. The fraction of sp³-hybridized carbons (Fsp3) is 0.684. The number of nitrogens with zero attached hydrogens (tertiary/aromatic N) is 1. The standard InChI is InChI=1S/C19H31N3O2S/c1-16-8-13-22(14-9-16)12-3-2-10-20-18(23)7-4-11-21-19(24)17-6-5-15-25-17/h5-6,15-16H,2-4,7-14H2,1H3,(H,20,23)(H,21,24). The topological polar surface area (TPSA) is 61.4 Å². The third-order valence-electron chi connectivity index (χ3n) is 4.71. The van der Waals surface area contributed by atoms with Crippen LogP contribution in [0.25, 0.3) is 0 Å². The van der Waals surface area contributed by atoms with Crippen molar-refractivity contribution in [3.63, 3.8) is 0 Å². The van der Waals surface area contributed by atoms with E-state index < -0.39 is 0 Å². The van der Waals surface area contributed by atoms with Crippen molar-refractivity contribution in [2.75, 3.05) is 32.7 Å². The molecular formula is C19H31N3O2S. The molecule has 1 aromatic heterocycles. The molecule has 0 saturated carbocycles. The van der Waals surface area contributed by atoms with E-state index in [4.69, 9.17) is 0 Å². The second kappa shape index (κ2) is 11.3. The molecule has 1 fully saturated rings. The summed E-state index contributed by atoms with van der Waals surface area (Å²) in [5.41, 5.74) is 0. The molecule has 0 atom stereocenters. The molecule has 1 saturated heterocycles. The number of carbonyl (C=O) groups excluding carboxylic acids is 2. The van der Waals surface area contributed by atoms with Crippen molar-refractivity contribution in [2.45, 2.75) is 45.4 Å². The predicted molar refractivity (Wildman–Crippen MR) is 103 cm³/mol. The summed E-state index contributed by atoms with van der Waals surface area (Å²) in [6.07, 6.45) is 5.96. The Hall–Kier alpha value is -1.40. The molecule has 2 N–H and O–H groups in total. The van der Waals surface area contributed by atoms with Gasteiger partial charge in [-0.25, -0.2) is 0 Å². The van der Waals surface area contributed by atoms with E-state index in [0.29, 0.717) is 24.3 Å². The van der Waals surface area contributed by atoms with Crippen LogP contribution < -0.4 is 10.6 Å². The number of hydrogen-bond donors (Lipinski definition) is 2. The van der Waals surface area contributed by atoms with Gasteiger partial charge in [-0.05, 0) is 69.1 Å². The van der Waals surface area contributed by atoms with Gasteiger partial charge < -0.3 is 15.5 Å². The number of unbranched alkanes of at least 4 members (excludes halogenated alkanes) is 1. The van der Waals surface area contributed by atoms with E-state index in [1.165, 1.54) is 37.3 Å². The normalized spacial score (nSPS) is 15.9. The van der Waals surface area contributed by atoms with Crippen molar-refractivity contribution in [3.8, 4) is 0 Å². The van der Waals surface area contributed by atoms with Crippen molar-refractivity contribution in [3.05, 3.63) is 22.4 Å². The molecule has 25 heavy (non-hydrogen) atoms. The van der Waals surface area contributed by atoms with Crippen LogP contribution in [0.4, 0.5) is 0 Å². The Bertz CT molecular complexity index is 511. The van der Waals surface area contributed by atoms with Gasteiger partial charge in [-0.1, -0.05) is 13.0 Å². The van der Waals surface area contributed by atoms with Gasteiger partial charge in [-0.3, -0.25) is 9.59 Å². The maximum Gasteiger partial charge on any atom is 0.261 e. The molecule has 0 bridgehead atoms. The first-order valence-corrected chi connectivity index (χ1v) is 10.3. The van der Waals surface area contributed by atoms with Crippen molar-refractivity contribution in [1.29, 1.82) is 0 Å². The molecule has 6 heteroatoms. The summed E-state index contributed by atoms with van der Waals surface area (Å²) < 4.78 is 0. The summed E-state index contributed by atoms with van der Waals surface area (Å²) in [4.78, 5) is 26.8. The van der Waals surface area contributed by atoms with E-state index in [9.17, 15) is 9.59 Å². The summed E-state index contributed by atoms with van der Waals surface area (Å²) >= 11 is 1.43. The summed E-state index contributed by atoms with van der Waals surface area (Å²) in [6.45, 7) is 7.23. The molecule has 2 amide bonds. The number of amides is 2. The Kier molecular flexibility index (Phi) is 8.97. The quantitative estimate of drug-likeness (QED) is 0.627. The van der Waals surface area contributed by atoms with Crippen LogP contribution in [-0.2, 0) is 4.79 Å². The van der Waals surface area contributed by atoms with Gasteiger partial charge in [-0.2, -0.15) is 0 Å². The van der Waals surface area contributed by atoms with E-state index in [0.717, 1.165) is 31.8 Å². The first-order valence-electron chi connectivity index (χ1n) is 9.46. The van der Waals surface area contributed by atoms with E-state index in [1.54, 1.807) is 6.07 Å². The third kappa shape index (κ3) is 8.01. The van der Waals surface area contributed by atoms with Crippen molar-refractivity contribution >= 4 is 23.2 Å². The predicted octanol–water partition coefficient (Wildman–Crippen LogP) is 2.89. The summed E-state index contributed by atoms with van der Waals surface area (Å²) in [5, 5.41) is 7.70. The fourth-order valence-electron chi connectivity index (χ4n) is 3.01. The van der Waals surface area contributed by atoms with E-state index >= 15 is 0 Å². The highest BCUT2D eigenvalue weighted by Crippen LogP contribution is 2.16. The van der Waals surface area contributed by atoms with Crippen molar-refractivity contribution in [1.82, 2.24) is 15.5 Å². The van der Waals surface area contributed by atoms with Crippen molar-refractivity contribution < 1.29 is 9.59 Å². The van der Waals surface area contributed by atoms with Gasteiger partial charge in [0.05, 0.1) is 4.88 Å². The van der Waals surface area contributed by atoms with Crippen LogP contribution in [0.15, 0.2) is 17.5 Å². The Labute approximate surface area is 155 Å². The number of thiophene rings is 1. The maximum atomic E-state index is 11.8. The van der Waals surface area contributed by atoms with Crippen LogP contribution in [0.1, 0.15) is 55.1 Å². The zero-order valence-corrected chi connectivity index (χ0v) is 16.1. The van der Waals surface area contributed by atoms with Gasteiger partial charge in [0.25, 0.3) is 5.91 Å². The first kappa shape index (κ1) is 19.9. The zero-order chi connectivity index (χ0) is 17.9. The molecule has 1 aliphatic heterocycles. The van der Waals surface area contributed by atoms with E-state index in [1.807, 2.05) is 11.4 Å². The van der Waals surface area contributed by atoms with Gasteiger partial charge in [0.15, 0.2) is 0 Å². The Morgan fingerprint density at radius 3 is 2.64 bits per heavy atom. The number of carbonyl (C=O) groups is 2. The maximum absolute atomic E-state index is 11.8. The molecule has 2 rings (SSSR count). The molecular weight excluding hydrogens is 334 g/mol. The molecule has 1 aromatic rings. The van der Waals surface area contributed by atoms with E-state index in [2.05, 4.69) is 22.5 Å². The van der Waals surface area contributed by atoms with Gasteiger partial charge in [0.2, 0.25) is 5.91 Å². The highest BCUT2D eigenvalue weighted by molar-refractivity contribution is 7.12. The molecule has 0 radical (unpaired) electrons. The van der Waals surface area contributed by atoms with Crippen LogP contribution in [0.3, 0.4) is 0 Å². The molecule has 1 aliphatic rings. The second-order valence-corrected chi connectivity index (χ2v) is 7.87. The summed E-state index contributed by atoms with van der Waals surface area (Å²) in [6, 6.07) is 3.66. The highest BCUT2D eigenvalue weighted by Gasteiger charge is 2.14. The first-order chi connectivity index (χ1) is 12.1. The van der Waals surface area contributed by atoms with Gasteiger partial charge in [-0.15, -0.1) is 11.3 Å². The largest absolute Gasteiger partial charge is 0.356 e. The Morgan fingerprint density at radius 2 is 1.92 bits per heavy atom. The average Bonchev–Trinajstić information content (AvgIpc) is 3.14. The minimum absolute atomic E-state index is 0.0532. The Balaban J connectivity index is 1.41. The molecule has 140 valence electrons. The molecule has 2 heterocycles. The summed E-state index contributed by atoms with van der Waals surface area (Å²) in [5.74, 6) is 0.908. The number of likely N-dealkylation sites (tertiary alicyclic amines) is 1. The minimum Gasteiger partial charge on any atom is -0.356 e. The fourth-order valence-corrected chi connectivity index (χ4v) is 3.65. The average molecular weight is 366 g/mol. The lowest BCUT2D eigenvalue weighted by atomic mass is 9.99. The van der Waals surface area contributed by atoms with Crippen LogP contribution >= 0.6 is 11.3 Å². The van der Waals surface area contributed by atoms with Crippen LogP contribution in [0, 0.1) is 5.92 Å². The van der Waals surface area contributed by atoms with Crippen molar-refractivity contribution in [2.24, 2.45) is 5.92 Å². The monoisotopic (exact) mass is 365 g/mol. The van der Waals surface area contributed by atoms with E-state index in [-0.39, 0.29) is 11.8 Å². The number of rotatable bonds is 10. The summed E-state index contributed by atoms with van der Waals surface area (Å²) in [7, 11) is 0. The number of nitrogens with one attached hydrogen (secondary N) is 2. The minimum atomic E-state index is -0.0532. The molecule has 0 aliphatic carbocycles. The smallest absolute Gasteiger partial charge is 0.261 e. The van der Waals surface area contributed by atoms with Gasteiger partial charge in [0.1, 0.15) is 0 Å². The lowest BCUT2D eigenvalue weighted by Crippen LogP contribution is -2.34. The van der Waals surface area contributed by atoms with Gasteiger partial charge in [0, 0.05) is 19.5 Å². The number of piperidine rings is 1. The SMILES string of the molecule is CC1CCN(CCCCNC(=O)CCCNC(=O)c2cccs2)CC1. The second-order valence-electron chi connectivity index (χ2n) is 6.92. The van der Waals surface area contributed by atoms with Crippen LogP contribution in [0.5, 0.6) is 0 Å².